The highest BCUT2D eigenvalue weighted by Gasteiger charge is 2.18. The summed E-state index contributed by atoms with van der Waals surface area (Å²) in [7, 11) is 0. The van der Waals surface area contributed by atoms with E-state index in [1.54, 1.807) is 0 Å². The Morgan fingerprint density at radius 3 is 2.50 bits per heavy atom. The normalized spacial score (nSPS) is 10.9. The van der Waals surface area contributed by atoms with Crippen LogP contribution in [0.1, 0.15) is 19.4 Å². The predicted octanol–water partition coefficient (Wildman–Crippen LogP) is 2.19. The van der Waals surface area contributed by atoms with E-state index in [4.69, 9.17) is 6.42 Å². The van der Waals surface area contributed by atoms with Gasteiger partial charge in [-0.25, -0.2) is 0 Å². The topological polar surface area (TPSA) is 12.0 Å². The molecule has 0 fully saturated rings. The quantitative estimate of drug-likeness (QED) is 0.563. The molecule has 0 atom stereocenters. The molecule has 0 aliphatic carbocycles. The standard InChI is InChI=1S/C13H17N/c1-4-10-14-11-13(2,3)12-8-6-5-7-9-12/h1,5-9,14H,10-11H2,2-3H3. The molecule has 0 aliphatic heterocycles. The van der Waals surface area contributed by atoms with Crippen molar-refractivity contribution in [2.75, 3.05) is 13.1 Å². The molecule has 0 saturated heterocycles. The van der Waals surface area contributed by atoms with Crippen molar-refractivity contribution in [3.63, 3.8) is 0 Å². The molecule has 0 saturated carbocycles. The molecule has 1 aromatic rings. The van der Waals surface area contributed by atoms with E-state index in [2.05, 4.69) is 49.4 Å². The van der Waals surface area contributed by atoms with Crippen LogP contribution in [0, 0.1) is 12.3 Å². The average molecular weight is 187 g/mol. The number of nitrogens with one attached hydrogen (secondary N) is 1. The van der Waals surface area contributed by atoms with E-state index in [-0.39, 0.29) is 5.41 Å². The Kier molecular flexibility index (Phi) is 3.73. The lowest BCUT2D eigenvalue weighted by atomic mass is 9.85. The lowest BCUT2D eigenvalue weighted by molar-refractivity contribution is 0.485. The fourth-order valence-corrected chi connectivity index (χ4v) is 1.44. The van der Waals surface area contributed by atoms with E-state index in [1.807, 2.05) is 6.07 Å². The molecular formula is C13H17N. The molecular weight excluding hydrogens is 170 g/mol. The van der Waals surface area contributed by atoms with Crippen LogP contribution in [0.5, 0.6) is 0 Å². The first kappa shape index (κ1) is 10.8. The highest BCUT2D eigenvalue weighted by molar-refractivity contribution is 5.23. The third-order valence-corrected chi connectivity index (χ3v) is 2.35. The van der Waals surface area contributed by atoms with Crippen LogP contribution in [-0.2, 0) is 5.41 Å². The van der Waals surface area contributed by atoms with Crippen LogP contribution in [0.4, 0.5) is 0 Å². The zero-order valence-corrected chi connectivity index (χ0v) is 8.88. The first-order valence-corrected chi connectivity index (χ1v) is 4.86. The third kappa shape index (κ3) is 2.90. The molecule has 1 nitrogen and oxygen atoms in total. The molecule has 74 valence electrons. The van der Waals surface area contributed by atoms with Crippen molar-refractivity contribution in [1.82, 2.24) is 5.32 Å². The van der Waals surface area contributed by atoms with Gasteiger partial charge in [-0.05, 0) is 5.56 Å². The molecule has 1 N–H and O–H groups in total. The van der Waals surface area contributed by atoms with Crippen LogP contribution in [0.2, 0.25) is 0 Å². The molecule has 0 aromatic heterocycles. The van der Waals surface area contributed by atoms with Crippen molar-refractivity contribution in [3.05, 3.63) is 35.9 Å². The van der Waals surface area contributed by atoms with Gasteiger partial charge in [-0.1, -0.05) is 50.1 Å². The van der Waals surface area contributed by atoms with Crippen molar-refractivity contribution < 1.29 is 0 Å². The zero-order valence-electron chi connectivity index (χ0n) is 8.88. The Balaban J connectivity index is 2.62. The number of rotatable bonds is 4. The number of benzene rings is 1. The summed E-state index contributed by atoms with van der Waals surface area (Å²) in [6.45, 7) is 5.97. The number of hydrogen-bond acceptors (Lipinski definition) is 1. The minimum atomic E-state index is 0.137. The summed E-state index contributed by atoms with van der Waals surface area (Å²) in [5.41, 5.74) is 1.47. The number of terminal acetylenes is 1. The van der Waals surface area contributed by atoms with E-state index < -0.39 is 0 Å². The van der Waals surface area contributed by atoms with Crippen LogP contribution in [-0.4, -0.2) is 13.1 Å². The zero-order chi connectivity index (χ0) is 10.4. The Hall–Kier alpha value is -1.26. The van der Waals surface area contributed by atoms with Crippen molar-refractivity contribution in [1.29, 1.82) is 0 Å². The third-order valence-electron chi connectivity index (χ3n) is 2.35. The Bertz CT molecular complexity index is 306. The molecule has 14 heavy (non-hydrogen) atoms. The monoisotopic (exact) mass is 187 g/mol. The Labute approximate surface area is 86.5 Å². The maximum absolute atomic E-state index is 5.18. The van der Waals surface area contributed by atoms with Crippen LogP contribution in [0.3, 0.4) is 0 Å². The van der Waals surface area contributed by atoms with Gasteiger partial charge in [0.2, 0.25) is 0 Å². The molecule has 0 aliphatic rings. The van der Waals surface area contributed by atoms with Gasteiger partial charge < -0.3 is 5.32 Å². The minimum Gasteiger partial charge on any atom is -0.305 e. The maximum Gasteiger partial charge on any atom is 0.0574 e. The van der Waals surface area contributed by atoms with Gasteiger partial charge in [-0.15, -0.1) is 6.42 Å². The van der Waals surface area contributed by atoms with Crippen LogP contribution in [0.25, 0.3) is 0 Å². The van der Waals surface area contributed by atoms with Crippen molar-refractivity contribution in [3.8, 4) is 12.3 Å². The molecule has 1 aromatic carbocycles. The predicted molar refractivity (Wildman–Crippen MR) is 61.2 cm³/mol. The summed E-state index contributed by atoms with van der Waals surface area (Å²) in [5, 5.41) is 3.24. The molecule has 0 bridgehead atoms. The van der Waals surface area contributed by atoms with Crippen molar-refractivity contribution in [2.24, 2.45) is 0 Å². The van der Waals surface area contributed by atoms with Crippen molar-refractivity contribution in [2.45, 2.75) is 19.3 Å². The summed E-state index contributed by atoms with van der Waals surface area (Å²) in [4.78, 5) is 0. The van der Waals surface area contributed by atoms with Gasteiger partial charge >= 0.3 is 0 Å². The molecule has 0 spiro atoms. The van der Waals surface area contributed by atoms with Crippen LogP contribution in [0.15, 0.2) is 30.3 Å². The first-order valence-electron chi connectivity index (χ1n) is 4.86. The van der Waals surface area contributed by atoms with Gasteiger partial charge in [0.25, 0.3) is 0 Å². The fraction of sp³-hybridized carbons (Fsp3) is 0.385. The van der Waals surface area contributed by atoms with Crippen LogP contribution < -0.4 is 5.32 Å². The average Bonchev–Trinajstić information content (AvgIpc) is 2.19. The van der Waals surface area contributed by atoms with Crippen LogP contribution >= 0.6 is 0 Å². The van der Waals surface area contributed by atoms with Gasteiger partial charge in [0, 0.05) is 12.0 Å². The molecule has 1 heteroatoms. The molecule has 0 unspecified atom stereocenters. The summed E-state index contributed by atoms with van der Waals surface area (Å²) in [5.74, 6) is 2.58. The Morgan fingerprint density at radius 2 is 1.93 bits per heavy atom. The molecule has 0 amide bonds. The second-order valence-corrected chi connectivity index (χ2v) is 4.06. The van der Waals surface area contributed by atoms with E-state index in [9.17, 15) is 0 Å². The second kappa shape index (κ2) is 4.83. The van der Waals surface area contributed by atoms with Gasteiger partial charge in [-0.2, -0.15) is 0 Å². The Morgan fingerprint density at radius 1 is 1.29 bits per heavy atom. The lowest BCUT2D eigenvalue weighted by Gasteiger charge is -2.25. The molecule has 0 heterocycles. The number of hydrogen-bond donors (Lipinski definition) is 1. The van der Waals surface area contributed by atoms with E-state index in [0.717, 1.165) is 6.54 Å². The SMILES string of the molecule is C#CCNCC(C)(C)c1ccccc1. The summed E-state index contributed by atoms with van der Waals surface area (Å²) in [6.07, 6.45) is 5.18. The van der Waals surface area contributed by atoms with E-state index in [0.29, 0.717) is 6.54 Å². The fourth-order valence-electron chi connectivity index (χ4n) is 1.44. The van der Waals surface area contributed by atoms with Gasteiger partial charge in [-0.3, -0.25) is 0 Å². The first-order chi connectivity index (χ1) is 6.67. The summed E-state index contributed by atoms with van der Waals surface area (Å²) >= 11 is 0. The second-order valence-electron chi connectivity index (χ2n) is 4.06. The van der Waals surface area contributed by atoms with Crippen molar-refractivity contribution >= 4 is 0 Å². The lowest BCUT2D eigenvalue weighted by Crippen LogP contribution is -2.33. The summed E-state index contributed by atoms with van der Waals surface area (Å²) in [6, 6.07) is 10.5. The van der Waals surface area contributed by atoms with E-state index >= 15 is 0 Å². The largest absolute Gasteiger partial charge is 0.305 e. The smallest absolute Gasteiger partial charge is 0.0574 e. The highest BCUT2D eigenvalue weighted by Crippen LogP contribution is 2.21. The minimum absolute atomic E-state index is 0.137. The summed E-state index contributed by atoms with van der Waals surface area (Å²) < 4.78 is 0. The maximum atomic E-state index is 5.18. The molecule has 1 rings (SSSR count). The van der Waals surface area contributed by atoms with Gasteiger partial charge in [0.1, 0.15) is 0 Å². The highest BCUT2D eigenvalue weighted by atomic mass is 14.9. The molecule has 0 radical (unpaired) electrons. The van der Waals surface area contributed by atoms with Gasteiger partial charge in [0.15, 0.2) is 0 Å². The van der Waals surface area contributed by atoms with E-state index in [1.165, 1.54) is 5.56 Å². The van der Waals surface area contributed by atoms with Gasteiger partial charge in [0.05, 0.1) is 6.54 Å².